The van der Waals surface area contributed by atoms with Crippen LogP contribution in [0.25, 0.3) is 6.08 Å². The minimum absolute atomic E-state index is 0.0418. The number of alkyl halides is 3. The van der Waals surface area contributed by atoms with E-state index in [9.17, 15) is 18.0 Å². The van der Waals surface area contributed by atoms with Crippen LogP contribution < -0.4 is 10.1 Å². The molecule has 3 aromatic carbocycles. The summed E-state index contributed by atoms with van der Waals surface area (Å²) >= 11 is 13.1. The number of amidine groups is 1. The van der Waals surface area contributed by atoms with Crippen LogP contribution in [0.15, 0.2) is 76.6 Å². The number of amides is 1. The molecule has 4 nitrogen and oxygen atoms in total. The average Bonchev–Trinajstić information content (AvgIpc) is 3.13. The Morgan fingerprint density at radius 1 is 1.00 bits per heavy atom. The third-order valence-electron chi connectivity index (χ3n) is 4.68. The zero-order valence-corrected chi connectivity index (χ0v) is 19.5. The summed E-state index contributed by atoms with van der Waals surface area (Å²) in [6, 6.07) is 17.3. The van der Waals surface area contributed by atoms with Gasteiger partial charge in [0, 0.05) is 10.6 Å². The molecule has 34 heavy (non-hydrogen) atoms. The van der Waals surface area contributed by atoms with Gasteiger partial charge in [0.1, 0.15) is 12.4 Å². The number of hydrogen-bond acceptors (Lipinski definition) is 4. The molecule has 0 saturated carbocycles. The van der Waals surface area contributed by atoms with E-state index >= 15 is 0 Å². The van der Waals surface area contributed by atoms with Gasteiger partial charge in [-0.3, -0.25) is 4.79 Å². The molecular weight excluding hydrogens is 508 g/mol. The van der Waals surface area contributed by atoms with E-state index in [0.717, 1.165) is 41.1 Å². The van der Waals surface area contributed by atoms with E-state index in [4.69, 9.17) is 27.9 Å². The van der Waals surface area contributed by atoms with Crippen LogP contribution in [-0.2, 0) is 17.6 Å². The summed E-state index contributed by atoms with van der Waals surface area (Å²) in [5, 5.41) is 3.34. The lowest BCUT2D eigenvalue weighted by atomic mass is 10.2. The topological polar surface area (TPSA) is 50.7 Å². The fourth-order valence-electron chi connectivity index (χ4n) is 2.95. The molecule has 0 radical (unpaired) electrons. The van der Waals surface area contributed by atoms with Crippen LogP contribution in [0.5, 0.6) is 5.75 Å². The summed E-state index contributed by atoms with van der Waals surface area (Å²) in [5.74, 6) is 0.220. The van der Waals surface area contributed by atoms with E-state index in [2.05, 4.69) is 10.3 Å². The number of benzene rings is 3. The van der Waals surface area contributed by atoms with Crippen molar-refractivity contribution in [3.05, 3.63) is 98.4 Å². The van der Waals surface area contributed by atoms with Crippen molar-refractivity contribution in [2.24, 2.45) is 4.99 Å². The predicted molar refractivity (Wildman–Crippen MR) is 129 cm³/mol. The number of carbonyl (C=O) groups excluding carboxylic acids is 1. The van der Waals surface area contributed by atoms with E-state index in [1.54, 1.807) is 36.4 Å². The summed E-state index contributed by atoms with van der Waals surface area (Å²) in [5.41, 5.74) is 0.641. The minimum Gasteiger partial charge on any atom is -0.489 e. The van der Waals surface area contributed by atoms with Gasteiger partial charge in [-0.25, -0.2) is 4.99 Å². The molecule has 10 heteroatoms. The van der Waals surface area contributed by atoms with E-state index in [1.807, 2.05) is 18.2 Å². The average molecular weight is 523 g/mol. The minimum atomic E-state index is -4.53. The van der Waals surface area contributed by atoms with Gasteiger partial charge in [-0.05, 0) is 59.8 Å². The Hall–Kier alpha value is -2.94. The second kappa shape index (κ2) is 10.1. The molecule has 1 aliphatic heterocycles. The Morgan fingerprint density at radius 3 is 2.44 bits per heavy atom. The number of aliphatic imine (C=N–C) groups is 1. The Kier molecular flexibility index (Phi) is 7.21. The first-order valence-electron chi connectivity index (χ1n) is 9.81. The summed E-state index contributed by atoms with van der Waals surface area (Å²) < 4.78 is 44.7. The standard InChI is InChI=1S/C24H15Cl2F3N2O2S/c25-18-4-2-1-3-15(18)13-33-17-8-5-14(6-9-17)11-21-22(32)31-23(34-21)30-20-12-16(24(27,28)29)7-10-19(20)26/h1-12H,13H2,(H,30,31,32)/b21-11-. The zero-order valence-electron chi connectivity index (χ0n) is 17.2. The maximum Gasteiger partial charge on any atom is 0.416 e. The molecular formula is C24H15Cl2F3N2O2S. The maximum absolute atomic E-state index is 13.0. The summed E-state index contributed by atoms with van der Waals surface area (Å²) in [6.45, 7) is 0.316. The van der Waals surface area contributed by atoms with Gasteiger partial charge in [-0.1, -0.05) is 53.5 Å². The largest absolute Gasteiger partial charge is 0.489 e. The van der Waals surface area contributed by atoms with Crippen LogP contribution >= 0.6 is 35.0 Å². The molecule has 1 heterocycles. The predicted octanol–water partition coefficient (Wildman–Crippen LogP) is 7.48. The van der Waals surface area contributed by atoms with Gasteiger partial charge >= 0.3 is 6.18 Å². The normalized spacial score (nSPS) is 16.2. The van der Waals surface area contributed by atoms with E-state index in [-0.39, 0.29) is 15.9 Å². The molecule has 1 saturated heterocycles. The number of ether oxygens (including phenoxy) is 1. The molecule has 3 aromatic rings. The highest BCUT2D eigenvalue weighted by Crippen LogP contribution is 2.36. The van der Waals surface area contributed by atoms with Gasteiger partial charge in [-0.2, -0.15) is 13.2 Å². The van der Waals surface area contributed by atoms with Crippen molar-refractivity contribution in [2.75, 3.05) is 0 Å². The van der Waals surface area contributed by atoms with Crippen LogP contribution in [0.3, 0.4) is 0 Å². The van der Waals surface area contributed by atoms with Crippen LogP contribution in [0.4, 0.5) is 18.9 Å². The summed E-state index contributed by atoms with van der Waals surface area (Å²) in [4.78, 5) is 16.7. The zero-order chi connectivity index (χ0) is 24.3. The summed E-state index contributed by atoms with van der Waals surface area (Å²) in [6.07, 6.45) is -2.88. The molecule has 1 N–H and O–H groups in total. The lowest BCUT2D eigenvalue weighted by Gasteiger charge is -2.08. The maximum atomic E-state index is 13.0. The fourth-order valence-corrected chi connectivity index (χ4v) is 4.14. The molecule has 4 rings (SSSR count). The van der Waals surface area contributed by atoms with Gasteiger partial charge in [0.25, 0.3) is 5.91 Å². The number of carbonyl (C=O) groups is 1. The third-order valence-corrected chi connectivity index (χ3v) is 6.27. The smallest absolute Gasteiger partial charge is 0.416 e. The molecule has 0 bridgehead atoms. The number of thioether (sulfide) groups is 1. The van der Waals surface area contributed by atoms with E-state index in [0.29, 0.717) is 22.3 Å². The lowest BCUT2D eigenvalue weighted by Crippen LogP contribution is -2.19. The Bertz CT molecular complexity index is 1290. The highest BCUT2D eigenvalue weighted by molar-refractivity contribution is 8.18. The van der Waals surface area contributed by atoms with Crippen molar-refractivity contribution in [3.63, 3.8) is 0 Å². The van der Waals surface area contributed by atoms with Crippen molar-refractivity contribution in [1.82, 2.24) is 5.32 Å². The number of halogens is 5. The quantitative estimate of drug-likeness (QED) is 0.353. The fraction of sp³-hybridized carbons (Fsp3) is 0.0833. The number of nitrogens with zero attached hydrogens (tertiary/aromatic N) is 1. The molecule has 1 amide bonds. The highest BCUT2D eigenvalue weighted by Gasteiger charge is 2.31. The van der Waals surface area contributed by atoms with Gasteiger partial charge in [0.15, 0.2) is 5.17 Å². The Morgan fingerprint density at radius 2 is 1.74 bits per heavy atom. The van der Waals surface area contributed by atoms with Crippen LogP contribution in [0.1, 0.15) is 16.7 Å². The SMILES string of the molecule is O=C1NC(=Nc2cc(C(F)(F)F)ccc2Cl)S/C1=C\c1ccc(OCc2ccccc2Cl)cc1. The Balaban J connectivity index is 1.45. The molecule has 0 atom stereocenters. The summed E-state index contributed by atoms with van der Waals surface area (Å²) in [7, 11) is 0. The monoisotopic (exact) mass is 522 g/mol. The van der Waals surface area contributed by atoms with Crippen molar-refractivity contribution in [2.45, 2.75) is 12.8 Å². The first-order valence-corrected chi connectivity index (χ1v) is 11.4. The van der Waals surface area contributed by atoms with Gasteiger partial charge in [-0.15, -0.1) is 0 Å². The van der Waals surface area contributed by atoms with Crippen LogP contribution in [0.2, 0.25) is 10.0 Å². The van der Waals surface area contributed by atoms with E-state index in [1.165, 1.54) is 0 Å². The van der Waals surface area contributed by atoms with E-state index < -0.39 is 17.6 Å². The van der Waals surface area contributed by atoms with Crippen LogP contribution in [0, 0.1) is 0 Å². The first kappa shape index (κ1) is 24.2. The van der Waals surface area contributed by atoms with Crippen molar-refractivity contribution >= 4 is 57.8 Å². The molecule has 0 unspecified atom stereocenters. The third kappa shape index (κ3) is 5.94. The van der Waals surface area contributed by atoms with Crippen molar-refractivity contribution in [3.8, 4) is 5.75 Å². The van der Waals surface area contributed by atoms with Crippen molar-refractivity contribution < 1.29 is 22.7 Å². The number of rotatable bonds is 5. The molecule has 174 valence electrons. The molecule has 1 aliphatic rings. The second-order valence-electron chi connectivity index (χ2n) is 7.09. The number of nitrogens with one attached hydrogen (secondary N) is 1. The molecule has 0 aliphatic carbocycles. The molecule has 0 spiro atoms. The first-order chi connectivity index (χ1) is 16.2. The van der Waals surface area contributed by atoms with Crippen LogP contribution in [-0.4, -0.2) is 11.1 Å². The van der Waals surface area contributed by atoms with Crippen molar-refractivity contribution in [1.29, 1.82) is 0 Å². The Labute approximate surface area is 207 Å². The highest BCUT2D eigenvalue weighted by atomic mass is 35.5. The number of hydrogen-bond donors (Lipinski definition) is 1. The second-order valence-corrected chi connectivity index (χ2v) is 8.94. The van der Waals surface area contributed by atoms with Gasteiger partial charge in [0.05, 0.1) is 21.2 Å². The molecule has 1 fully saturated rings. The molecule has 0 aromatic heterocycles. The van der Waals surface area contributed by atoms with Gasteiger partial charge < -0.3 is 10.1 Å². The van der Waals surface area contributed by atoms with Gasteiger partial charge in [0.2, 0.25) is 0 Å². The lowest BCUT2D eigenvalue weighted by molar-refractivity contribution is -0.137.